The Hall–Kier alpha value is -3.95. The molecule has 10 heteroatoms. The van der Waals surface area contributed by atoms with Gasteiger partial charge in [0.05, 0.1) is 28.2 Å². The van der Waals surface area contributed by atoms with Gasteiger partial charge in [0.2, 0.25) is 5.91 Å². The van der Waals surface area contributed by atoms with Crippen LogP contribution in [0.1, 0.15) is 12.6 Å². The van der Waals surface area contributed by atoms with E-state index in [9.17, 15) is 4.79 Å². The first kappa shape index (κ1) is 26.1. The van der Waals surface area contributed by atoms with Crippen molar-refractivity contribution in [1.82, 2.24) is 25.2 Å². The Kier molecular flexibility index (Phi) is 8.71. The van der Waals surface area contributed by atoms with Gasteiger partial charge in [0.15, 0.2) is 0 Å². The van der Waals surface area contributed by atoms with Crippen LogP contribution in [0.15, 0.2) is 67.1 Å². The first-order valence-electron chi connectivity index (χ1n) is 11.8. The molecule has 37 heavy (non-hydrogen) atoms. The third kappa shape index (κ3) is 7.05. The predicted molar refractivity (Wildman–Crippen MR) is 144 cm³/mol. The molecule has 0 fully saturated rings. The molecule has 2 heterocycles. The number of benzene rings is 2. The summed E-state index contributed by atoms with van der Waals surface area (Å²) in [5.41, 5.74) is 2.29. The summed E-state index contributed by atoms with van der Waals surface area (Å²) in [6.07, 6.45) is 3.04. The van der Waals surface area contributed by atoms with Gasteiger partial charge in [-0.05, 0) is 56.4 Å². The lowest BCUT2D eigenvalue weighted by Gasteiger charge is -2.22. The molecule has 0 saturated heterocycles. The van der Waals surface area contributed by atoms with Crippen molar-refractivity contribution in [1.29, 1.82) is 0 Å². The van der Waals surface area contributed by atoms with Gasteiger partial charge in [0.1, 0.15) is 36.4 Å². The monoisotopic (exact) mass is 520 g/mol. The highest BCUT2D eigenvalue weighted by Gasteiger charge is 2.16. The zero-order valence-electron chi connectivity index (χ0n) is 20.9. The topological polar surface area (TPSA) is 102 Å². The Morgan fingerprint density at radius 2 is 1.95 bits per heavy atom. The second-order valence-electron chi connectivity index (χ2n) is 8.55. The number of fused-ring (bicyclic) bond motifs is 1. The third-order valence-corrected chi connectivity index (χ3v) is 5.81. The van der Waals surface area contributed by atoms with Gasteiger partial charge in [-0.3, -0.25) is 14.7 Å². The van der Waals surface area contributed by atoms with Gasteiger partial charge in [0.25, 0.3) is 0 Å². The highest BCUT2D eigenvalue weighted by atomic mass is 35.5. The van der Waals surface area contributed by atoms with Gasteiger partial charge in [-0.2, -0.15) is 0 Å². The highest BCUT2D eigenvalue weighted by molar-refractivity contribution is 6.32. The average Bonchev–Trinajstić information content (AvgIpc) is 2.89. The maximum atomic E-state index is 11.7. The highest BCUT2D eigenvalue weighted by Crippen LogP contribution is 2.34. The molecule has 0 unspecified atom stereocenters. The van der Waals surface area contributed by atoms with Crippen LogP contribution in [-0.2, 0) is 11.4 Å². The quantitative estimate of drug-likeness (QED) is 0.299. The molecular formula is C27H29ClN6O3. The fraction of sp³-hybridized carbons (Fsp3) is 0.259. The molecule has 0 aliphatic heterocycles. The van der Waals surface area contributed by atoms with E-state index in [4.69, 9.17) is 21.1 Å². The number of carbonyl (C=O) groups is 1. The number of anilines is 2. The number of rotatable bonds is 11. The van der Waals surface area contributed by atoms with Crippen LogP contribution in [0.25, 0.3) is 10.9 Å². The van der Waals surface area contributed by atoms with Gasteiger partial charge >= 0.3 is 0 Å². The Bertz CT molecular complexity index is 1350. The molecule has 0 bridgehead atoms. The zero-order chi connectivity index (χ0) is 26.2. The molecule has 0 spiro atoms. The van der Waals surface area contributed by atoms with Crippen molar-refractivity contribution >= 4 is 39.9 Å². The van der Waals surface area contributed by atoms with E-state index in [1.165, 1.54) is 6.33 Å². The van der Waals surface area contributed by atoms with Crippen LogP contribution in [0, 0.1) is 0 Å². The van der Waals surface area contributed by atoms with Crippen molar-refractivity contribution in [2.75, 3.05) is 32.5 Å². The van der Waals surface area contributed by atoms with E-state index in [-0.39, 0.29) is 18.6 Å². The summed E-state index contributed by atoms with van der Waals surface area (Å²) in [4.78, 5) is 26.7. The van der Waals surface area contributed by atoms with Crippen molar-refractivity contribution in [2.24, 2.45) is 0 Å². The molecule has 1 amide bonds. The molecular weight excluding hydrogens is 492 g/mol. The van der Waals surface area contributed by atoms with Gasteiger partial charge in [-0.15, -0.1) is 0 Å². The maximum absolute atomic E-state index is 11.7. The molecule has 2 N–H and O–H groups in total. The third-order valence-electron chi connectivity index (χ3n) is 5.51. The number of nitrogens with one attached hydrogen (secondary N) is 2. The Balaban J connectivity index is 1.50. The lowest BCUT2D eigenvalue weighted by molar-refractivity contribution is -0.121. The van der Waals surface area contributed by atoms with Crippen LogP contribution >= 0.6 is 11.6 Å². The first-order chi connectivity index (χ1) is 17.9. The van der Waals surface area contributed by atoms with Gasteiger partial charge in [0, 0.05) is 25.5 Å². The van der Waals surface area contributed by atoms with E-state index < -0.39 is 0 Å². The van der Waals surface area contributed by atoms with Crippen molar-refractivity contribution in [2.45, 2.75) is 19.6 Å². The van der Waals surface area contributed by atoms with Crippen molar-refractivity contribution < 1.29 is 14.3 Å². The molecule has 0 aliphatic rings. The van der Waals surface area contributed by atoms with Crippen LogP contribution in [0.3, 0.4) is 0 Å². The summed E-state index contributed by atoms with van der Waals surface area (Å²) >= 11 is 6.50. The number of ether oxygens (including phenoxy) is 2. The smallest absolute Gasteiger partial charge is 0.233 e. The molecule has 4 rings (SSSR count). The normalized spacial score (nSPS) is 11.8. The Labute approximate surface area is 220 Å². The fourth-order valence-corrected chi connectivity index (χ4v) is 4.06. The minimum absolute atomic E-state index is 0.0495. The van der Waals surface area contributed by atoms with E-state index in [0.717, 1.165) is 22.3 Å². The number of nitrogens with zero attached hydrogens (tertiary/aromatic N) is 4. The second kappa shape index (κ2) is 12.3. The summed E-state index contributed by atoms with van der Waals surface area (Å²) in [6, 6.07) is 16.8. The van der Waals surface area contributed by atoms with Gasteiger partial charge in [-0.25, -0.2) is 9.97 Å². The van der Waals surface area contributed by atoms with E-state index in [1.807, 2.05) is 61.3 Å². The largest absolute Gasteiger partial charge is 0.489 e. The molecule has 0 radical (unpaired) electrons. The lowest BCUT2D eigenvalue weighted by Crippen LogP contribution is -2.38. The summed E-state index contributed by atoms with van der Waals surface area (Å²) in [5.74, 6) is 1.74. The first-order valence-corrected chi connectivity index (χ1v) is 12.2. The summed E-state index contributed by atoms with van der Waals surface area (Å²) in [6.45, 7) is 3.13. The number of aromatic nitrogens is 3. The van der Waals surface area contributed by atoms with Crippen molar-refractivity contribution in [3.63, 3.8) is 0 Å². The van der Waals surface area contributed by atoms with Crippen LogP contribution < -0.4 is 20.1 Å². The van der Waals surface area contributed by atoms with Crippen molar-refractivity contribution in [3.05, 3.63) is 77.8 Å². The summed E-state index contributed by atoms with van der Waals surface area (Å²) in [5, 5.41) is 7.17. The Morgan fingerprint density at radius 3 is 2.70 bits per heavy atom. The maximum Gasteiger partial charge on any atom is 0.233 e. The molecule has 0 saturated carbocycles. The molecule has 2 aromatic carbocycles. The average molecular weight is 521 g/mol. The molecule has 192 valence electrons. The van der Waals surface area contributed by atoms with E-state index in [1.54, 1.807) is 25.4 Å². The molecule has 4 aromatic rings. The molecule has 2 aromatic heterocycles. The van der Waals surface area contributed by atoms with Gasteiger partial charge < -0.3 is 20.1 Å². The zero-order valence-corrected chi connectivity index (χ0v) is 21.7. The minimum Gasteiger partial charge on any atom is -0.489 e. The number of hydrogen-bond donors (Lipinski definition) is 2. The summed E-state index contributed by atoms with van der Waals surface area (Å²) in [7, 11) is 3.50. The van der Waals surface area contributed by atoms with Crippen molar-refractivity contribution in [3.8, 4) is 11.5 Å². The van der Waals surface area contributed by atoms with E-state index >= 15 is 0 Å². The minimum atomic E-state index is -0.182. The number of halogens is 1. The fourth-order valence-electron chi connectivity index (χ4n) is 3.82. The molecule has 1 atom stereocenters. The number of hydrogen-bond acceptors (Lipinski definition) is 8. The molecule has 9 nitrogen and oxygen atoms in total. The standard InChI is InChI=1S/C27H29ClN6O3/c1-18(14-34(3)15-25(35)29-2)37-24-9-6-8-22-26(24)27(32-17-31-22)33-19-10-11-23(21(28)13-19)36-16-20-7-4-5-12-30-20/h4-13,17-18H,14-16H2,1-3H3,(H,29,35)(H,31,32,33)/t18-/m0/s1. The van der Waals surface area contributed by atoms with E-state index in [2.05, 4.69) is 25.6 Å². The lowest BCUT2D eigenvalue weighted by atomic mass is 10.2. The summed E-state index contributed by atoms with van der Waals surface area (Å²) < 4.78 is 12.1. The second-order valence-corrected chi connectivity index (χ2v) is 8.96. The number of pyridine rings is 1. The number of carbonyl (C=O) groups excluding carboxylic acids is 1. The van der Waals surface area contributed by atoms with Crippen LogP contribution in [0.2, 0.25) is 5.02 Å². The SMILES string of the molecule is CNC(=O)CN(C)C[C@H](C)Oc1cccc2ncnc(Nc3ccc(OCc4ccccn4)c(Cl)c3)c12. The number of likely N-dealkylation sites (N-methyl/N-ethyl adjacent to an activating group) is 2. The van der Waals surface area contributed by atoms with Gasteiger partial charge in [-0.1, -0.05) is 23.7 Å². The Morgan fingerprint density at radius 1 is 1.08 bits per heavy atom. The van der Waals surface area contributed by atoms with Crippen LogP contribution in [-0.4, -0.2) is 59.0 Å². The van der Waals surface area contributed by atoms with E-state index in [0.29, 0.717) is 35.5 Å². The molecule has 0 aliphatic carbocycles. The number of amides is 1. The van der Waals surface area contributed by atoms with Crippen LogP contribution in [0.5, 0.6) is 11.5 Å². The predicted octanol–water partition coefficient (Wildman–Crippen LogP) is 4.45. The van der Waals surface area contributed by atoms with Crippen LogP contribution in [0.4, 0.5) is 11.5 Å².